The Morgan fingerprint density at radius 2 is 1.95 bits per heavy atom. The normalized spacial score (nSPS) is 13.1. The molecule has 1 saturated heterocycles. The first-order chi connectivity index (χ1) is 20.7. The number of nitrogen functional groups attached to an aromatic ring is 1. The molecule has 1 aliphatic rings. The Balaban J connectivity index is 1.29. The summed E-state index contributed by atoms with van der Waals surface area (Å²) in [5.41, 5.74) is 8.38. The standard InChI is InChI=1S/C29H23F3N6O5/c1-15-8-26(43-23-5-3-2-4-18(23)30)34-13-22(15)38-28(33)17(12-35-38)27(39)20-9-16-10-24(42-14-25(31)32)21(11-19(16)36-20)37-6-7-41-29(37)40/h2-5,8-13,25,36H,6-7,14,33H2,1H3. The molecule has 0 spiro atoms. The van der Waals surface area contributed by atoms with Crippen LogP contribution < -0.4 is 20.1 Å². The van der Waals surface area contributed by atoms with Crippen molar-refractivity contribution in [2.45, 2.75) is 13.3 Å². The third-order valence-corrected chi connectivity index (χ3v) is 6.75. The number of nitrogens with one attached hydrogen (secondary N) is 1. The largest absolute Gasteiger partial charge is 0.485 e. The van der Waals surface area contributed by atoms with E-state index in [2.05, 4.69) is 15.1 Å². The number of fused-ring (bicyclic) bond motifs is 1. The highest BCUT2D eigenvalue weighted by molar-refractivity contribution is 6.13. The van der Waals surface area contributed by atoms with Crippen LogP contribution in [0.15, 0.2) is 60.9 Å². The second kappa shape index (κ2) is 11.0. The Kier molecular flexibility index (Phi) is 7.09. The number of aryl methyl sites for hydroxylation is 1. The lowest BCUT2D eigenvalue weighted by Crippen LogP contribution is -2.24. The molecular weight excluding hydrogens is 569 g/mol. The van der Waals surface area contributed by atoms with E-state index in [9.17, 15) is 22.8 Å². The van der Waals surface area contributed by atoms with Gasteiger partial charge in [-0.3, -0.25) is 9.69 Å². The number of aromatic nitrogens is 4. The minimum atomic E-state index is -2.73. The molecule has 14 heteroatoms. The average molecular weight is 593 g/mol. The number of ether oxygens (including phenoxy) is 3. The van der Waals surface area contributed by atoms with Gasteiger partial charge in [-0.25, -0.2) is 27.6 Å². The first-order valence-electron chi connectivity index (χ1n) is 13.0. The van der Waals surface area contributed by atoms with E-state index in [1.165, 1.54) is 52.3 Å². The molecule has 3 N–H and O–H groups in total. The summed E-state index contributed by atoms with van der Waals surface area (Å²) in [5.74, 6) is -0.756. The minimum absolute atomic E-state index is 0.0205. The molecule has 11 nitrogen and oxygen atoms in total. The number of cyclic esters (lactones) is 1. The first kappa shape index (κ1) is 27.6. The molecule has 220 valence electrons. The van der Waals surface area contributed by atoms with Crippen molar-refractivity contribution in [3.63, 3.8) is 0 Å². The minimum Gasteiger partial charge on any atom is -0.485 e. The SMILES string of the molecule is Cc1cc(Oc2ccccc2F)ncc1-n1ncc(C(=O)c2cc3cc(OCC(F)F)c(N4CCOC4=O)cc3[nH]2)c1N. The van der Waals surface area contributed by atoms with Gasteiger partial charge in [-0.05, 0) is 42.8 Å². The summed E-state index contributed by atoms with van der Waals surface area (Å²) >= 11 is 0. The number of pyridine rings is 1. The highest BCUT2D eigenvalue weighted by Crippen LogP contribution is 2.36. The summed E-state index contributed by atoms with van der Waals surface area (Å²) in [6, 6.07) is 12.1. The molecule has 0 aliphatic carbocycles. The lowest BCUT2D eigenvalue weighted by Gasteiger charge is -2.18. The van der Waals surface area contributed by atoms with Crippen LogP contribution in [0.3, 0.4) is 0 Å². The Labute approximate surface area is 241 Å². The number of anilines is 2. The van der Waals surface area contributed by atoms with Crippen LogP contribution >= 0.6 is 0 Å². The van der Waals surface area contributed by atoms with Crippen molar-refractivity contribution >= 4 is 34.3 Å². The van der Waals surface area contributed by atoms with Gasteiger partial charge in [0.15, 0.2) is 11.6 Å². The molecule has 0 atom stereocenters. The quantitative estimate of drug-likeness (QED) is 0.217. The van der Waals surface area contributed by atoms with Crippen molar-refractivity contribution in [1.82, 2.24) is 19.7 Å². The molecular formula is C29H23F3N6O5. The van der Waals surface area contributed by atoms with Gasteiger partial charge in [0.2, 0.25) is 11.7 Å². The fourth-order valence-electron chi connectivity index (χ4n) is 4.67. The monoisotopic (exact) mass is 592 g/mol. The summed E-state index contributed by atoms with van der Waals surface area (Å²) in [6.07, 6.45) is -0.611. The number of carbonyl (C=O) groups is 2. The molecule has 0 bridgehead atoms. The fourth-order valence-corrected chi connectivity index (χ4v) is 4.67. The average Bonchev–Trinajstić information content (AvgIpc) is 3.70. The highest BCUT2D eigenvalue weighted by atomic mass is 19.3. The van der Waals surface area contributed by atoms with Crippen molar-refractivity contribution < 1.29 is 37.0 Å². The van der Waals surface area contributed by atoms with Crippen LogP contribution in [0.1, 0.15) is 21.6 Å². The molecule has 43 heavy (non-hydrogen) atoms. The third-order valence-electron chi connectivity index (χ3n) is 6.75. The maximum atomic E-state index is 14.0. The van der Waals surface area contributed by atoms with Gasteiger partial charge in [0, 0.05) is 17.0 Å². The molecule has 1 amide bonds. The molecule has 1 aliphatic heterocycles. The first-order valence-corrected chi connectivity index (χ1v) is 13.0. The van der Waals surface area contributed by atoms with Crippen LogP contribution in [-0.2, 0) is 4.74 Å². The lowest BCUT2D eigenvalue weighted by molar-refractivity contribution is 0.0822. The number of H-pyrrole nitrogens is 1. The second-order valence-electron chi connectivity index (χ2n) is 9.58. The molecule has 4 heterocycles. The number of benzene rings is 2. The zero-order chi connectivity index (χ0) is 30.2. The lowest BCUT2D eigenvalue weighted by atomic mass is 10.1. The number of hydrogen-bond donors (Lipinski definition) is 2. The molecule has 0 radical (unpaired) electrons. The van der Waals surface area contributed by atoms with Gasteiger partial charge in [0.1, 0.15) is 24.8 Å². The van der Waals surface area contributed by atoms with Gasteiger partial charge in [0.25, 0.3) is 6.43 Å². The number of ketones is 1. The topological polar surface area (TPSA) is 138 Å². The van der Waals surface area contributed by atoms with Crippen LogP contribution in [-0.4, -0.2) is 57.8 Å². The van der Waals surface area contributed by atoms with E-state index >= 15 is 0 Å². The summed E-state index contributed by atoms with van der Waals surface area (Å²) in [7, 11) is 0. The van der Waals surface area contributed by atoms with Crippen molar-refractivity contribution in [3.05, 3.63) is 83.6 Å². The van der Waals surface area contributed by atoms with Gasteiger partial charge in [-0.1, -0.05) is 12.1 Å². The van der Waals surface area contributed by atoms with Crippen molar-refractivity contribution in [3.8, 4) is 23.1 Å². The van der Waals surface area contributed by atoms with Crippen LogP contribution in [0.25, 0.3) is 16.6 Å². The number of amides is 1. The van der Waals surface area contributed by atoms with E-state index in [-0.39, 0.29) is 53.3 Å². The number of halogens is 3. The molecule has 0 saturated carbocycles. The summed E-state index contributed by atoms with van der Waals surface area (Å²) < 4.78 is 56.9. The Morgan fingerprint density at radius 3 is 2.67 bits per heavy atom. The maximum Gasteiger partial charge on any atom is 0.414 e. The predicted molar refractivity (Wildman–Crippen MR) is 149 cm³/mol. The summed E-state index contributed by atoms with van der Waals surface area (Å²) in [5, 5.41) is 4.76. The number of hydrogen-bond acceptors (Lipinski definition) is 8. The summed E-state index contributed by atoms with van der Waals surface area (Å²) in [6.45, 7) is 1.23. The maximum absolute atomic E-state index is 14.0. The molecule has 1 fully saturated rings. The van der Waals surface area contributed by atoms with Crippen molar-refractivity contribution in [2.75, 3.05) is 30.4 Å². The van der Waals surface area contributed by atoms with E-state index in [0.717, 1.165) is 0 Å². The molecule has 2 aromatic carbocycles. The number of carbonyl (C=O) groups excluding carboxylic acids is 2. The van der Waals surface area contributed by atoms with Crippen LogP contribution in [0.4, 0.5) is 29.5 Å². The van der Waals surface area contributed by atoms with Gasteiger partial charge >= 0.3 is 6.09 Å². The zero-order valence-corrected chi connectivity index (χ0v) is 22.5. The van der Waals surface area contributed by atoms with Crippen LogP contribution in [0.2, 0.25) is 0 Å². The van der Waals surface area contributed by atoms with Gasteiger partial charge in [-0.15, -0.1) is 0 Å². The Bertz CT molecular complexity index is 1870. The summed E-state index contributed by atoms with van der Waals surface area (Å²) in [4.78, 5) is 34.2. The van der Waals surface area contributed by atoms with E-state index in [4.69, 9.17) is 19.9 Å². The van der Waals surface area contributed by atoms with Crippen molar-refractivity contribution in [1.29, 1.82) is 0 Å². The van der Waals surface area contributed by atoms with Crippen LogP contribution in [0, 0.1) is 12.7 Å². The molecule has 5 aromatic rings. The number of aromatic amines is 1. The molecule has 3 aromatic heterocycles. The smallest absolute Gasteiger partial charge is 0.414 e. The number of para-hydroxylation sites is 1. The molecule has 6 rings (SSSR count). The number of nitrogens with zero attached hydrogens (tertiary/aromatic N) is 4. The van der Waals surface area contributed by atoms with Gasteiger partial charge < -0.3 is 24.9 Å². The van der Waals surface area contributed by atoms with E-state index in [1.807, 2.05) is 0 Å². The van der Waals surface area contributed by atoms with E-state index in [0.29, 0.717) is 22.2 Å². The second-order valence-corrected chi connectivity index (χ2v) is 9.58. The highest BCUT2D eigenvalue weighted by Gasteiger charge is 2.28. The van der Waals surface area contributed by atoms with E-state index < -0.39 is 30.7 Å². The number of rotatable bonds is 9. The van der Waals surface area contributed by atoms with Gasteiger partial charge in [-0.2, -0.15) is 5.10 Å². The van der Waals surface area contributed by atoms with Crippen molar-refractivity contribution in [2.24, 2.45) is 0 Å². The molecule has 0 unspecified atom stereocenters. The van der Waals surface area contributed by atoms with E-state index in [1.54, 1.807) is 25.1 Å². The predicted octanol–water partition coefficient (Wildman–Crippen LogP) is 5.40. The number of nitrogens with two attached hydrogens (primary N) is 1. The fraction of sp³-hybridized carbons (Fsp3) is 0.172. The van der Waals surface area contributed by atoms with Crippen LogP contribution in [0.5, 0.6) is 17.4 Å². The third kappa shape index (κ3) is 5.29. The Hall–Kier alpha value is -5.53. The Morgan fingerprint density at radius 1 is 1.14 bits per heavy atom. The number of alkyl halides is 2. The zero-order valence-electron chi connectivity index (χ0n) is 22.5. The van der Waals surface area contributed by atoms with Gasteiger partial charge in [0.05, 0.1) is 41.6 Å².